The quantitative estimate of drug-likeness (QED) is 0.765. The average molecular weight is 242 g/mol. The lowest BCUT2D eigenvalue weighted by Gasteiger charge is -2.09. The Hall–Kier alpha value is -1.02. The Bertz CT molecular complexity index is 325. The third-order valence-corrected chi connectivity index (χ3v) is 2.35. The van der Waals surface area contributed by atoms with E-state index in [0.717, 1.165) is 30.6 Å². The summed E-state index contributed by atoms with van der Waals surface area (Å²) in [7, 11) is 0. The summed E-state index contributed by atoms with van der Waals surface area (Å²) in [5, 5.41) is 3.21. The van der Waals surface area contributed by atoms with Crippen LogP contribution in [0.15, 0.2) is 24.3 Å². The number of Topliss-reactive ketones (excluding diaryl/α,β-unsaturated/α-hetero) is 1. The van der Waals surface area contributed by atoms with Crippen molar-refractivity contribution in [3.8, 4) is 0 Å². The summed E-state index contributed by atoms with van der Waals surface area (Å²) >= 11 is 0. The van der Waals surface area contributed by atoms with Crippen LogP contribution >= 0.6 is 12.4 Å². The molecular formula is C13H20ClNO. The maximum atomic E-state index is 11.9. The SMILES string of the molecule is CCCCC(=O)c1ccccc1NCC.Cl. The molecule has 0 aliphatic carbocycles. The molecule has 16 heavy (non-hydrogen) atoms. The third-order valence-electron chi connectivity index (χ3n) is 2.35. The molecule has 2 nitrogen and oxygen atoms in total. The number of hydrogen-bond acceptors (Lipinski definition) is 2. The second-order valence-corrected chi connectivity index (χ2v) is 3.60. The molecule has 0 bridgehead atoms. The highest BCUT2D eigenvalue weighted by atomic mass is 35.5. The van der Waals surface area contributed by atoms with E-state index in [1.54, 1.807) is 0 Å². The Morgan fingerprint density at radius 1 is 1.25 bits per heavy atom. The Kier molecular flexibility index (Phi) is 7.65. The van der Waals surface area contributed by atoms with E-state index >= 15 is 0 Å². The number of anilines is 1. The van der Waals surface area contributed by atoms with E-state index in [0.29, 0.717) is 6.42 Å². The van der Waals surface area contributed by atoms with Crippen molar-refractivity contribution >= 4 is 23.9 Å². The molecule has 1 N–H and O–H groups in total. The predicted octanol–water partition coefficient (Wildman–Crippen LogP) is 3.91. The van der Waals surface area contributed by atoms with Gasteiger partial charge in [0.25, 0.3) is 0 Å². The minimum Gasteiger partial charge on any atom is -0.385 e. The molecule has 0 aliphatic heterocycles. The Balaban J connectivity index is 0.00000225. The first kappa shape index (κ1) is 15.0. The maximum absolute atomic E-state index is 11.9. The first-order valence-electron chi connectivity index (χ1n) is 5.65. The van der Waals surface area contributed by atoms with E-state index < -0.39 is 0 Å². The van der Waals surface area contributed by atoms with Crippen LogP contribution in [0.25, 0.3) is 0 Å². The molecule has 0 aromatic heterocycles. The molecule has 1 aromatic rings. The van der Waals surface area contributed by atoms with E-state index in [4.69, 9.17) is 0 Å². The van der Waals surface area contributed by atoms with Gasteiger partial charge >= 0.3 is 0 Å². The molecule has 1 rings (SSSR count). The van der Waals surface area contributed by atoms with Gasteiger partial charge in [0, 0.05) is 24.2 Å². The van der Waals surface area contributed by atoms with Gasteiger partial charge in [-0.25, -0.2) is 0 Å². The lowest BCUT2D eigenvalue weighted by molar-refractivity contribution is 0.0980. The van der Waals surface area contributed by atoms with Crippen LogP contribution in [0.5, 0.6) is 0 Å². The Morgan fingerprint density at radius 3 is 2.56 bits per heavy atom. The van der Waals surface area contributed by atoms with Gasteiger partial charge < -0.3 is 5.32 Å². The Labute approximate surface area is 104 Å². The molecule has 90 valence electrons. The van der Waals surface area contributed by atoms with Gasteiger partial charge in [0.2, 0.25) is 0 Å². The highest BCUT2D eigenvalue weighted by Crippen LogP contribution is 2.17. The second kappa shape index (κ2) is 8.17. The number of ketones is 1. The van der Waals surface area contributed by atoms with Gasteiger partial charge in [-0.2, -0.15) is 0 Å². The fraction of sp³-hybridized carbons (Fsp3) is 0.462. The van der Waals surface area contributed by atoms with Gasteiger partial charge in [-0.1, -0.05) is 25.5 Å². The highest BCUT2D eigenvalue weighted by Gasteiger charge is 2.09. The number of nitrogens with one attached hydrogen (secondary N) is 1. The van der Waals surface area contributed by atoms with Gasteiger partial charge in [-0.3, -0.25) is 4.79 Å². The largest absolute Gasteiger partial charge is 0.385 e. The minimum atomic E-state index is 0. The molecule has 0 saturated heterocycles. The zero-order chi connectivity index (χ0) is 11.1. The molecule has 0 aliphatic rings. The van der Waals surface area contributed by atoms with E-state index in [-0.39, 0.29) is 18.2 Å². The molecule has 0 spiro atoms. The van der Waals surface area contributed by atoms with E-state index in [1.165, 1.54) is 0 Å². The topological polar surface area (TPSA) is 29.1 Å². The van der Waals surface area contributed by atoms with Crippen LogP contribution in [0.3, 0.4) is 0 Å². The van der Waals surface area contributed by atoms with E-state index in [2.05, 4.69) is 12.2 Å². The van der Waals surface area contributed by atoms with Crippen LogP contribution in [-0.2, 0) is 0 Å². The fourth-order valence-corrected chi connectivity index (χ4v) is 1.54. The number of para-hydroxylation sites is 1. The number of halogens is 1. The molecule has 0 heterocycles. The van der Waals surface area contributed by atoms with Crippen molar-refractivity contribution in [1.82, 2.24) is 0 Å². The highest BCUT2D eigenvalue weighted by molar-refractivity contribution is 6.01. The zero-order valence-electron chi connectivity index (χ0n) is 9.95. The summed E-state index contributed by atoms with van der Waals surface area (Å²) in [6.45, 7) is 4.98. The number of carbonyl (C=O) groups is 1. The molecule has 0 saturated carbocycles. The van der Waals surface area contributed by atoms with Crippen molar-refractivity contribution in [2.24, 2.45) is 0 Å². The number of benzene rings is 1. The van der Waals surface area contributed by atoms with Gasteiger partial charge in [-0.05, 0) is 25.5 Å². The second-order valence-electron chi connectivity index (χ2n) is 3.60. The molecule has 0 atom stereocenters. The number of rotatable bonds is 6. The molecule has 0 unspecified atom stereocenters. The van der Waals surface area contributed by atoms with Crippen LogP contribution in [0, 0.1) is 0 Å². The summed E-state index contributed by atoms with van der Waals surface area (Å²) in [4.78, 5) is 11.9. The van der Waals surface area contributed by atoms with Crippen molar-refractivity contribution in [1.29, 1.82) is 0 Å². The van der Waals surface area contributed by atoms with Crippen molar-refractivity contribution in [2.75, 3.05) is 11.9 Å². The van der Waals surface area contributed by atoms with Crippen LogP contribution in [0.1, 0.15) is 43.5 Å². The van der Waals surface area contributed by atoms with Crippen molar-refractivity contribution < 1.29 is 4.79 Å². The predicted molar refractivity (Wildman–Crippen MR) is 71.7 cm³/mol. The summed E-state index contributed by atoms with van der Waals surface area (Å²) in [5.41, 5.74) is 1.79. The van der Waals surface area contributed by atoms with Gasteiger partial charge in [0.1, 0.15) is 0 Å². The lowest BCUT2D eigenvalue weighted by Crippen LogP contribution is -2.06. The molecular weight excluding hydrogens is 222 g/mol. The third kappa shape index (κ3) is 4.23. The van der Waals surface area contributed by atoms with E-state index in [1.807, 2.05) is 31.2 Å². The minimum absolute atomic E-state index is 0. The zero-order valence-corrected chi connectivity index (χ0v) is 10.8. The van der Waals surface area contributed by atoms with Crippen molar-refractivity contribution in [2.45, 2.75) is 33.1 Å². The van der Waals surface area contributed by atoms with Crippen LogP contribution < -0.4 is 5.32 Å². The van der Waals surface area contributed by atoms with E-state index in [9.17, 15) is 4.79 Å². The van der Waals surface area contributed by atoms with Gasteiger partial charge in [0.15, 0.2) is 5.78 Å². The monoisotopic (exact) mass is 241 g/mol. The van der Waals surface area contributed by atoms with Crippen molar-refractivity contribution in [3.05, 3.63) is 29.8 Å². The van der Waals surface area contributed by atoms with Crippen LogP contribution in [-0.4, -0.2) is 12.3 Å². The normalized spacial score (nSPS) is 9.38. The Morgan fingerprint density at radius 2 is 1.94 bits per heavy atom. The van der Waals surface area contributed by atoms with Gasteiger partial charge in [-0.15, -0.1) is 12.4 Å². The summed E-state index contributed by atoms with van der Waals surface area (Å²) in [6.07, 6.45) is 2.69. The smallest absolute Gasteiger partial charge is 0.164 e. The maximum Gasteiger partial charge on any atom is 0.164 e. The lowest BCUT2D eigenvalue weighted by atomic mass is 10.0. The summed E-state index contributed by atoms with van der Waals surface area (Å²) in [6, 6.07) is 7.73. The molecule has 1 aromatic carbocycles. The summed E-state index contributed by atoms with van der Waals surface area (Å²) in [5.74, 6) is 0.244. The molecule has 0 amide bonds. The number of hydrogen-bond donors (Lipinski definition) is 1. The van der Waals surface area contributed by atoms with Crippen LogP contribution in [0.4, 0.5) is 5.69 Å². The first-order chi connectivity index (χ1) is 7.29. The molecule has 3 heteroatoms. The molecule has 0 radical (unpaired) electrons. The van der Waals surface area contributed by atoms with Crippen molar-refractivity contribution in [3.63, 3.8) is 0 Å². The summed E-state index contributed by atoms with van der Waals surface area (Å²) < 4.78 is 0. The van der Waals surface area contributed by atoms with Crippen LogP contribution in [0.2, 0.25) is 0 Å². The molecule has 0 fully saturated rings. The van der Waals surface area contributed by atoms with Gasteiger partial charge in [0.05, 0.1) is 0 Å². The standard InChI is InChI=1S/C13H19NO.ClH/c1-3-5-10-13(15)11-8-6-7-9-12(11)14-4-2;/h6-9,14H,3-5,10H2,1-2H3;1H. The first-order valence-corrected chi connectivity index (χ1v) is 5.65. The average Bonchev–Trinajstić information content (AvgIpc) is 2.27. The number of carbonyl (C=O) groups excluding carboxylic acids is 1. The fourth-order valence-electron chi connectivity index (χ4n) is 1.54. The number of unbranched alkanes of at least 4 members (excludes halogenated alkanes) is 1.